The second-order valence-corrected chi connectivity index (χ2v) is 4.96. The summed E-state index contributed by atoms with van der Waals surface area (Å²) in [6.07, 6.45) is -5.33. The number of halogens is 4. The van der Waals surface area contributed by atoms with Crippen molar-refractivity contribution in [2.75, 3.05) is 13.1 Å². The summed E-state index contributed by atoms with van der Waals surface area (Å²) in [6.45, 7) is 0.508. The molecule has 0 saturated carbocycles. The summed E-state index contributed by atoms with van der Waals surface area (Å²) in [6, 6.07) is 1.02. The molecule has 2 rings (SSSR count). The van der Waals surface area contributed by atoms with Crippen molar-refractivity contribution >= 4 is 6.03 Å². The van der Waals surface area contributed by atoms with E-state index in [2.05, 4.69) is 16.0 Å². The summed E-state index contributed by atoms with van der Waals surface area (Å²) in [7, 11) is 0. The number of aliphatic hydroxyl groups is 1. The number of amides is 2. The van der Waals surface area contributed by atoms with Crippen molar-refractivity contribution in [1.29, 1.82) is 0 Å². The van der Waals surface area contributed by atoms with Gasteiger partial charge >= 0.3 is 12.2 Å². The lowest BCUT2D eigenvalue weighted by Gasteiger charge is -2.16. The van der Waals surface area contributed by atoms with E-state index < -0.39 is 35.7 Å². The molecule has 0 bridgehead atoms. The minimum atomic E-state index is -4.62. The number of carbonyl (C=O) groups is 1. The summed E-state index contributed by atoms with van der Waals surface area (Å²) < 4.78 is 50.8. The second-order valence-electron chi connectivity index (χ2n) is 4.96. The number of hydrogen-bond acceptors (Lipinski definition) is 3. The predicted molar refractivity (Wildman–Crippen MR) is 69.4 cm³/mol. The molecule has 0 radical (unpaired) electrons. The fourth-order valence-electron chi connectivity index (χ4n) is 2.07. The van der Waals surface area contributed by atoms with E-state index in [1.807, 2.05) is 0 Å². The first-order chi connectivity index (χ1) is 10.3. The largest absolute Gasteiger partial charge is 0.416 e. The monoisotopic (exact) mass is 321 g/mol. The van der Waals surface area contributed by atoms with Crippen LogP contribution in [0.2, 0.25) is 0 Å². The Balaban J connectivity index is 1.90. The van der Waals surface area contributed by atoms with E-state index in [0.29, 0.717) is 19.2 Å². The Labute approximate surface area is 123 Å². The molecule has 0 spiro atoms. The lowest BCUT2D eigenvalue weighted by atomic mass is 10.1. The third-order valence-electron chi connectivity index (χ3n) is 3.32. The first-order valence-corrected chi connectivity index (χ1v) is 6.56. The highest BCUT2D eigenvalue weighted by Crippen LogP contribution is 2.30. The lowest BCUT2D eigenvalue weighted by Crippen LogP contribution is -2.47. The average molecular weight is 321 g/mol. The van der Waals surface area contributed by atoms with Crippen LogP contribution in [0.15, 0.2) is 18.2 Å². The Bertz CT molecular complexity index is 551. The van der Waals surface area contributed by atoms with Gasteiger partial charge in [0.05, 0.1) is 17.7 Å². The van der Waals surface area contributed by atoms with Crippen LogP contribution >= 0.6 is 0 Å². The van der Waals surface area contributed by atoms with Gasteiger partial charge in [-0.25, -0.2) is 9.18 Å². The molecule has 4 N–H and O–H groups in total. The zero-order valence-corrected chi connectivity index (χ0v) is 11.4. The van der Waals surface area contributed by atoms with E-state index in [0.717, 1.165) is 12.1 Å². The molecule has 2 amide bonds. The molecule has 1 aliphatic heterocycles. The SMILES string of the molecule is O=C(NCc1ccc(C(F)(F)F)cc1F)N[C@@H]1CNC[C@H]1O. The van der Waals surface area contributed by atoms with E-state index in [-0.39, 0.29) is 12.1 Å². The maximum absolute atomic E-state index is 13.6. The van der Waals surface area contributed by atoms with Crippen LogP contribution in [0.1, 0.15) is 11.1 Å². The molecule has 5 nitrogen and oxygen atoms in total. The lowest BCUT2D eigenvalue weighted by molar-refractivity contribution is -0.137. The fraction of sp³-hybridized carbons (Fsp3) is 0.462. The zero-order chi connectivity index (χ0) is 16.3. The van der Waals surface area contributed by atoms with Crippen molar-refractivity contribution in [3.8, 4) is 0 Å². The van der Waals surface area contributed by atoms with Crippen LogP contribution in [-0.4, -0.2) is 36.4 Å². The van der Waals surface area contributed by atoms with Gasteiger partial charge in [0.1, 0.15) is 5.82 Å². The van der Waals surface area contributed by atoms with Crippen LogP contribution in [0.25, 0.3) is 0 Å². The second kappa shape index (κ2) is 6.49. The molecule has 0 aliphatic carbocycles. The first kappa shape index (κ1) is 16.5. The van der Waals surface area contributed by atoms with Crippen LogP contribution in [0, 0.1) is 5.82 Å². The molecular formula is C13H15F4N3O2. The summed E-state index contributed by atoms with van der Waals surface area (Å²) in [5.41, 5.74) is -1.15. The van der Waals surface area contributed by atoms with Gasteiger partial charge in [-0.15, -0.1) is 0 Å². The van der Waals surface area contributed by atoms with E-state index in [4.69, 9.17) is 0 Å². The van der Waals surface area contributed by atoms with Gasteiger partial charge in [-0.3, -0.25) is 0 Å². The molecule has 1 aliphatic rings. The number of rotatable bonds is 3. The normalized spacial score (nSPS) is 21.7. The van der Waals surface area contributed by atoms with Crippen molar-refractivity contribution < 1.29 is 27.5 Å². The minimum absolute atomic E-state index is 0.0618. The van der Waals surface area contributed by atoms with Gasteiger partial charge in [-0.05, 0) is 12.1 Å². The van der Waals surface area contributed by atoms with Crippen molar-refractivity contribution in [3.05, 3.63) is 35.1 Å². The fourth-order valence-corrected chi connectivity index (χ4v) is 2.07. The molecule has 1 heterocycles. The molecule has 1 aromatic rings. The van der Waals surface area contributed by atoms with E-state index in [1.54, 1.807) is 0 Å². The molecule has 1 fully saturated rings. The van der Waals surface area contributed by atoms with Crippen molar-refractivity contribution in [1.82, 2.24) is 16.0 Å². The summed E-state index contributed by atoms with van der Waals surface area (Å²) in [5.74, 6) is -1.04. The van der Waals surface area contributed by atoms with Gasteiger partial charge in [-0.1, -0.05) is 6.07 Å². The van der Waals surface area contributed by atoms with Crippen LogP contribution < -0.4 is 16.0 Å². The smallest absolute Gasteiger partial charge is 0.390 e. The highest BCUT2D eigenvalue weighted by Gasteiger charge is 2.31. The van der Waals surface area contributed by atoms with Crippen molar-refractivity contribution in [2.45, 2.75) is 24.9 Å². The topological polar surface area (TPSA) is 73.4 Å². The maximum Gasteiger partial charge on any atom is 0.416 e. The third-order valence-corrected chi connectivity index (χ3v) is 3.32. The number of β-amino-alcohol motifs (C(OH)–C–C–N with tert-alkyl or cyclic N) is 1. The Kier molecular flexibility index (Phi) is 4.87. The van der Waals surface area contributed by atoms with Gasteiger partial charge in [0.2, 0.25) is 0 Å². The summed E-state index contributed by atoms with van der Waals surface area (Å²) >= 11 is 0. The van der Waals surface area contributed by atoms with Crippen LogP contribution in [-0.2, 0) is 12.7 Å². The summed E-state index contributed by atoms with van der Waals surface area (Å²) in [5, 5.41) is 17.2. The van der Waals surface area contributed by atoms with Gasteiger partial charge < -0.3 is 21.1 Å². The Morgan fingerprint density at radius 3 is 2.64 bits per heavy atom. The van der Waals surface area contributed by atoms with Gasteiger partial charge in [0.15, 0.2) is 0 Å². The van der Waals surface area contributed by atoms with Crippen molar-refractivity contribution in [3.63, 3.8) is 0 Å². The number of urea groups is 1. The Morgan fingerprint density at radius 1 is 1.36 bits per heavy atom. The summed E-state index contributed by atoms with van der Waals surface area (Å²) in [4.78, 5) is 11.6. The van der Waals surface area contributed by atoms with E-state index in [9.17, 15) is 27.5 Å². The van der Waals surface area contributed by atoms with Gasteiger partial charge in [0, 0.05) is 25.2 Å². The first-order valence-electron chi connectivity index (χ1n) is 6.56. The zero-order valence-electron chi connectivity index (χ0n) is 11.4. The molecule has 22 heavy (non-hydrogen) atoms. The molecular weight excluding hydrogens is 306 g/mol. The number of hydrogen-bond donors (Lipinski definition) is 4. The van der Waals surface area contributed by atoms with Crippen molar-refractivity contribution in [2.24, 2.45) is 0 Å². The number of carbonyl (C=O) groups excluding carboxylic acids is 1. The quantitative estimate of drug-likeness (QED) is 0.627. The molecule has 1 aromatic carbocycles. The predicted octanol–water partition coefficient (Wildman–Crippen LogP) is 0.976. The molecule has 2 atom stereocenters. The maximum atomic E-state index is 13.6. The standard InChI is InChI=1S/C13H15F4N3O2/c14-9-3-8(13(15,16)17)2-1-7(9)4-19-12(22)20-10-5-18-6-11(10)21/h1-3,10-11,18,21H,4-6H2,(H2,19,20,22)/t10-,11-/m1/s1. The van der Waals surface area contributed by atoms with Gasteiger partial charge in [-0.2, -0.15) is 13.2 Å². The number of benzene rings is 1. The molecule has 122 valence electrons. The average Bonchev–Trinajstić information content (AvgIpc) is 2.82. The highest BCUT2D eigenvalue weighted by atomic mass is 19.4. The minimum Gasteiger partial charge on any atom is -0.390 e. The van der Waals surface area contributed by atoms with Crippen LogP contribution in [0.3, 0.4) is 0 Å². The molecule has 9 heteroatoms. The highest BCUT2D eigenvalue weighted by molar-refractivity contribution is 5.74. The third kappa shape index (κ3) is 4.08. The molecule has 0 aromatic heterocycles. The van der Waals surface area contributed by atoms with E-state index in [1.165, 1.54) is 0 Å². The Hall–Kier alpha value is -1.87. The Morgan fingerprint density at radius 2 is 2.09 bits per heavy atom. The number of aliphatic hydroxyl groups excluding tert-OH is 1. The van der Waals surface area contributed by atoms with Crippen LogP contribution in [0.4, 0.5) is 22.4 Å². The van der Waals surface area contributed by atoms with E-state index >= 15 is 0 Å². The molecule has 1 saturated heterocycles. The van der Waals surface area contributed by atoms with Crippen LogP contribution in [0.5, 0.6) is 0 Å². The molecule has 0 unspecified atom stereocenters. The number of nitrogens with one attached hydrogen (secondary N) is 3. The number of alkyl halides is 3. The van der Waals surface area contributed by atoms with Gasteiger partial charge in [0.25, 0.3) is 0 Å².